The molecule has 1 aliphatic rings. The molecule has 0 spiro atoms. The molecule has 16 heavy (non-hydrogen) atoms. The number of aliphatic hydroxyl groups is 1. The predicted octanol–water partition coefficient (Wildman–Crippen LogP) is 1.65. The Morgan fingerprint density at radius 3 is 3.00 bits per heavy atom. The molecule has 88 valence electrons. The van der Waals surface area contributed by atoms with Crippen LogP contribution in [0.3, 0.4) is 0 Å². The van der Waals surface area contributed by atoms with Gasteiger partial charge in [0.2, 0.25) is 6.79 Å². The number of rotatable bonds is 4. The minimum absolute atomic E-state index is 0.128. The second-order valence-corrected chi connectivity index (χ2v) is 3.90. The van der Waals surface area contributed by atoms with Crippen LogP contribution < -0.4 is 14.2 Å². The molecule has 0 aliphatic carbocycles. The molecule has 0 saturated heterocycles. The Bertz CT molecular complexity index is 393. The van der Waals surface area contributed by atoms with Crippen molar-refractivity contribution >= 4 is 15.9 Å². The number of halogens is 1. The number of fused-ring (bicyclic) bond motifs is 1. The maximum atomic E-state index is 9.28. The maximum absolute atomic E-state index is 9.28. The first-order valence-electron chi connectivity index (χ1n) is 4.61. The van der Waals surface area contributed by atoms with E-state index in [1.165, 1.54) is 7.11 Å². The molecule has 0 aromatic heterocycles. The van der Waals surface area contributed by atoms with Gasteiger partial charge in [-0.25, -0.2) is 0 Å². The molecule has 0 fully saturated rings. The van der Waals surface area contributed by atoms with Gasteiger partial charge < -0.3 is 24.1 Å². The molecular weight excluding hydrogens is 280 g/mol. The highest BCUT2D eigenvalue weighted by atomic mass is 79.9. The Morgan fingerprint density at radius 2 is 2.31 bits per heavy atom. The number of aliphatic hydroxyl groups excluding tert-OH is 1. The van der Waals surface area contributed by atoms with E-state index >= 15 is 0 Å². The van der Waals surface area contributed by atoms with Gasteiger partial charge in [0.05, 0.1) is 11.1 Å². The molecule has 6 heteroatoms. The molecule has 0 unspecified atom stereocenters. The van der Waals surface area contributed by atoms with Gasteiger partial charge in [0.1, 0.15) is 5.75 Å². The zero-order chi connectivity index (χ0) is 11.5. The van der Waals surface area contributed by atoms with Crippen LogP contribution in [0.2, 0.25) is 0 Å². The summed E-state index contributed by atoms with van der Waals surface area (Å²) in [6, 6.07) is 1.70. The Balaban J connectivity index is 2.39. The fraction of sp³-hybridized carbons (Fsp3) is 0.400. The lowest BCUT2D eigenvalue weighted by Crippen LogP contribution is -2.01. The van der Waals surface area contributed by atoms with Gasteiger partial charge in [0.25, 0.3) is 0 Å². The highest BCUT2D eigenvalue weighted by Gasteiger charge is 2.23. The van der Waals surface area contributed by atoms with Crippen molar-refractivity contribution < 1.29 is 24.1 Å². The van der Waals surface area contributed by atoms with Crippen LogP contribution in [0.15, 0.2) is 10.5 Å². The van der Waals surface area contributed by atoms with Crippen LogP contribution in [-0.4, -0.2) is 25.8 Å². The van der Waals surface area contributed by atoms with E-state index in [1.54, 1.807) is 6.07 Å². The van der Waals surface area contributed by atoms with Crippen LogP contribution in [0.4, 0.5) is 0 Å². The Hall–Kier alpha value is -0.980. The molecule has 0 atom stereocenters. The average Bonchev–Trinajstić information content (AvgIpc) is 2.74. The van der Waals surface area contributed by atoms with E-state index in [1.807, 2.05) is 0 Å². The van der Waals surface area contributed by atoms with Gasteiger partial charge in [-0.3, -0.25) is 0 Å². The maximum Gasteiger partial charge on any atom is 0.231 e. The second kappa shape index (κ2) is 4.90. The summed E-state index contributed by atoms with van der Waals surface area (Å²) in [5.74, 6) is 1.67. The lowest BCUT2D eigenvalue weighted by Gasteiger charge is -2.12. The van der Waals surface area contributed by atoms with E-state index in [2.05, 4.69) is 15.9 Å². The van der Waals surface area contributed by atoms with Gasteiger partial charge in [0.15, 0.2) is 18.3 Å². The van der Waals surface area contributed by atoms with Crippen molar-refractivity contribution in [3.63, 3.8) is 0 Å². The molecule has 5 nitrogen and oxygen atoms in total. The molecule has 0 bridgehead atoms. The van der Waals surface area contributed by atoms with Gasteiger partial charge in [0, 0.05) is 18.7 Å². The van der Waals surface area contributed by atoms with Crippen molar-refractivity contribution in [1.29, 1.82) is 0 Å². The first kappa shape index (κ1) is 11.5. The van der Waals surface area contributed by atoms with Crippen LogP contribution in [0.25, 0.3) is 0 Å². The van der Waals surface area contributed by atoms with Gasteiger partial charge >= 0.3 is 0 Å². The summed E-state index contributed by atoms with van der Waals surface area (Å²) in [7, 11) is 1.54. The van der Waals surface area contributed by atoms with E-state index in [9.17, 15) is 5.11 Å². The van der Waals surface area contributed by atoms with Crippen LogP contribution in [0.5, 0.6) is 17.2 Å². The largest absolute Gasteiger partial charge is 0.466 e. The van der Waals surface area contributed by atoms with E-state index < -0.39 is 0 Å². The second-order valence-electron chi connectivity index (χ2n) is 3.11. The summed E-state index contributed by atoms with van der Waals surface area (Å²) in [6.45, 7) is 0.127. The first-order valence-corrected chi connectivity index (χ1v) is 5.40. The van der Waals surface area contributed by atoms with Crippen LogP contribution in [-0.2, 0) is 11.3 Å². The third-order valence-electron chi connectivity index (χ3n) is 2.15. The monoisotopic (exact) mass is 290 g/mol. The molecule has 1 aromatic carbocycles. The molecule has 0 radical (unpaired) electrons. The topological polar surface area (TPSA) is 57.2 Å². The smallest absolute Gasteiger partial charge is 0.231 e. The lowest BCUT2D eigenvalue weighted by molar-refractivity contribution is 0.0503. The zero-order valence-corrected chi connectivity index (χ0v) is 10.2. The molecule has 1 aliphatic heterocycles. The summed E-state index contributed by atoms with van der Waals surface area (Å²) < 4.78 is 21.3. The van der Waals surface area contributed by atoms with Crippen molar-refractivity contribution in [2.45, 2.75) is 6.61 Å². The number of benzene rings is 1. The third kappa shape index (κ3) is 1.95. The van der Waals surface area contributed by atoms with E-state index in [0.717, 1.165) is 0 Å². The van der Waals surface area contributed by atoms with Crippen LogP contribution >= 0.6 is 15.9 Å². The summed E-state index contributed by atoms with van der Waals surface area (Å²) in [6.07, 6.45) is 0. The minimum Gasteiger partial charge on any atom is -0.466 e. The number of hydrogen-bond acceptors (Lipinski definition) is 5. The summed E-state index contributed by atoms with van der Waals surface area (Å²) in [5.41, 5.74) is 0.612. The highest BCUT2D eigenvalue weighted by Crippen LogP contribution is 2.45. The predicted molar refractivity (Wildman–Crippen MR) is 58.7 cm³/mol. The van der Waals surface area contributed by atoms with Gasteiger partial charge in [-0.15, -0.1) is 0 Å². The zero-order valence-electron chi connectivity index (χ0n) is 8.66. The Morgan fingerprint density at radius 1 is 1.50 bits per heavy atom. The fourth-order valence-electron chi connectivity index (χ4n) is 1.43. The molecule has 0 amide bonds. The Kier molecular flexibility index (Phi) is 3.52. The highest BCUT2D eigenvalue weighted by molar-refractivity contribution is 9.10. The SMILES string of the molecule is COCOc1cc2c(c(CO)c1Br)OCO2. The normalized spacial score (nSPS) is 12.9. The van der Waals surface area contributed by atoms with E-state index in [-0.39, 0.29) is 20.2 Å². The minimum atomic E-state index is -0.156. The lowest BCUT2D eigenvalue weighted by atomic mass is 10.2. The van der Waals surface area contributed by atoms with Crippen LogP contribution in [0.1, 0.15) is 5.56 Å². The summed E-state index contributed by atoms with van der Waals surface area (Å²) >= 11 is 3.35. The van der Waals surface area contributed by atoms with E-state index in [0.29, 0.717) is 27.3 Å². The van der Waals surface area contributed by atoms with Gasteiger partial charge in [-0.05, 0) is 15.9 Å². The standard InChI is InChI=1S/C10H11BrO5/c1-13-4-14-7-2-8-10(16-5-15-8)6(3-12)9(7)11/h2,12H,3-5H2,1H3. The number of hydrogen-bond donors (Lipinski definition) is 1. The Labute approximate surface area is 101 Å². The van der Waals surface area contributed by atoms with Crippen molar-refractivity contribution in [3.05, 3.63) is 16.1 Å². The van der Waals surface area contributed by atoms with Crippen molar-refractivity contribution in [2.75, 3.05) is 20.7 Å². The molecule has 1 aromatic rings. The van der Waals surface area contributed by atoms with Gasteiger partial charge in [-0.2, -0.15) is 0 Å². The number of methoxy groups -OCH3 is 1. The van der Waals surface area contributed by atoms with Gasteiger partial charge in [-0.1, -0.05) is 0 Å². The average molecular weight is 291 g/mol. The molecule has 1 N–H and O–H groups in total. The molecule has 2 rings (SSSR count). The summed E-state index contributed by atoms with van der Waals surface area (Å²) in [5, 5.41) is 9.28. The third-order valence-corrected chi connectivity index (χ3v) is 3.02. The summed E-state index contributed by atoms with van der Waals surface area (Å²) in [4.78, 5) is 0. The molecule has 0 saturated carbocycles. The van der Waals surface area contributed by atoms with Crippen molar-refractivity contribution in [3.8, 4) is 17.2 Å². The molecular formula is C10H11BrO5. The van der Waals surface area contributed by atoms with Crippen molar-refractivity contribution in [1.82, 2.24) is 0 Å². The fourth-order valence-corrected chi connectivity index (χ4v) is 1.97. The first-order chi connectivity index (χ1) is 7.77. The quantitative estimate of drug-likeness (QED) is 0.855. The number of ether oxygens (including phenoxy) is 4. The van der Waals surface area contributed by atoms with Crippen molar-refractivity contribution in [2.24, 2.45) is 0 Å². The van der Waals surface area contributed by atoms with Crippen LogP contribution in [0, 0.1) is 0 Å². The van der Waals surface area contributed by atoms with E-state index in [4.69, 9.17) is 18.9 Å². The molecule has 1 heterocycles.